The van der Waals surface area contributed by atoms with Crippen LogP contribution in [0.5, 0.6) is 0 Å². The summed E-state index contributed by atoms with van der Waals surface area (Å²) in [5.74, 6) is 0.474. The van der Waals surface area contributed by atoms with Crippen molar-refractivity contribution in [2.45, 2.75) is 13.0 Å². The van der Waals surface area contributed by atoms with E-state index in [-0.39, 0.29) is 11.8 Å². The number of rotatable bonds is 7. The van der Waals surface area contributed by atoms with Gasteiger partial charge in [0.05, 0.1) is 0 Å². The van der Waals surface area contributed by atoms with Gasteiger partial charge in [0.2, 0.25) is 0 Å². The maximum Gasteiger partial charge on any atom is 0.251 e. The lowest BCUT2D eigenvalue weighted by molar-refractivity contribution is 0.0955. The van der Waals surface area contributed by atoms with Crippen LogP contribution in [0.25, 0.3) is 0 Å². The zero-order valence-electron chi connectivity index (χ0n) is 16.5. The molecule has 7 nitrogen and oxygen atoms in total. The van der Waals surface area contributed by atoms with Crippen molar-refractivity contribution in [1.82, 2.24) is 21.3 Å². The molecule has 2 aromatic rings. The average molecular weight is 381 g/mol. The number of hydrogen-bond acceptors (Lipinski definition) is 3. The van der Waals surface area contributed by atoms with Gasteiger partial charge in [-0.1, -0.05) is 24.3 Å². The van der Waals surface area contributed by atoms with Crippen LogP contribution >= 0.6 is 0 Å². The molecule has 0 saturated heterocycles. The van der Waals surface area contributed by atoms with E-state index in [0.29, 0.717) is 30.2 Å². The molecule has 0 heterocycles. The monoisotopic (exact) mass is 381 g/mol. The first-order valence-electron chi connectivity index (χ1n) is 9.14. The predicted molar refractivity (Wildman–Crippen MR) is 112 cm³/mol. The normalized spacial score (nSPS) is 10.9. The summed E-state index contributed by atoms with van der Waals surface area (Å²) in [5.41, 5.74) is 3.34. The zero-order valence-corrected chi connectivity index (χ0v) is 16.5. The van der Waals surface area contributed by atoms with Crippen LogP contribution in [0.2, 0.25) is 0 Å². The molecule has 28 heavy (non-hydrogen) atoms. The van der Waals surface area contributed by atoms with Gasteiger partial charge in [0.15, 0.2) is 5.96 Å². The molecular formula is C21H27N5O2. The lowest BCUT2D eigenvalue weighted by Crippen LogP contribution is -2.37. The number of guanidine groups is 1. The van der Waals surface area contributed by atoms with E-state index < -0.39 is 0 Å². The van der Waals surface area contributed by atoms with Crippen LogP contribution in [-0.2, 0) is 13.0 Å². The van der Waals surface area contributed by atoms with Crippen LogP contribution in [0.4, 0.5) is 0 Å². The second-order valence-corrected chi connectivity index (χ2v) is 6.16. The van der Waals surface area contributed by atoms with Gasteiger partial charge in [0.25, 0.3) is 11.8 Å². The molecule has 2 amide bonds. The average Bonchev–Trinajstić information content (AvgIpc) is 2.75. The molecule has 0 aliphatic carbocycles. The molecule has 2 rings (SSSR count). The van der Waals surface area contributed by atoms with Gasteiger partial charge in [0, 0.05) is 45.4 Å². The molecule has 148 valence electrons. The molecule has 0 bridgehead atoms. The van der Waals surface area contributed by atoms with E-state index in [1.807, 2.05) is 36.4 Å². The molecule has 0 aromatic heterocycles. The van der Waals surface area contributed by atoms with E-state index in [2.05, 4.69) is 26.3 Å². The molecule has 2 aromatic carbocycles. The van der Waals surface area contributed by atoms with Crippen molar-refractivity contribution in [3.05, 3.63) is 70.8 Å². The summed E-state index contributed by atoms with van der Waals surface area (Å²) < 4.78 is 0. The standard InChI is InChI=1S/C21H27N5O2/c1-22-19(27)17-8-4-6-15(12-17)10-11-25-21(24-3)26-14-16-7-5-9-18(13-16)20(28)23-2/h4-9,12-13H,10-11,14H2,1-3H3,(H,22,27)(H,23,28)(H2,24,25,26). The van der Waals surface area contributed by atoms with Gasteiger partial charge in [0.1, 0.15) is 0 Å². The number of amides is 2. The highest BCUT2D eigenvalue weighted by Gasteiger charge is 2.06. The maximum atomic E-state index is 11.7. The fourth-order valence-electron chi connectivity index (χ4n) is 2.71. The Bertz CT molecular complexity index is 848. The number of nitrogens with one attached hydrogen (secondary N) is 4. The number of nitrogens with zero attached hydrogens (tertiary/aromatic N) is 1. The van der Waals surface area contributed by atoms with E-state index in [1.54, 1.807) is 33.3 Å². The van der Waals surface area contributed by atoms with Crippen LogP contribution in [-0.4, -0.2) is 45.5 Å². The lowest BCUT2D eigenvalue weighted by atomic mass is 10.1. The van der Waals surface area contributed by atoms with Crippen LogP contribution in [0.3, 0.4) is 0 Å². The lowest BCUT2D eigenvalue weighted by Gasteiger charge is -2.13. The highest BCUT2D eigenvalue weighted by atomic mass is 16.2. The predicted octanol–water partition coefficient (Wildman–Crippen LogP) is 1.31. The minimum Gasteiger partial charge on any atom is -0.356 e. The first-order chi connectivity index (χ1) is 13.6. The number of benzene rings is 2. The molecule has 0 fully saturated rings. The molecule has 7 heteroatoms. The van der Waals surface area contributed by atoms with Gasteiger partial charge >= 0.3 is 0 Å². The first-order valence-corrected chi connectivity index (χ1v) is 9.14. The minimum absolute atomic E-state index is 0.0914. The van der Waals surface area contributed by atoms with Crippen molar-refractivity contribution < 1.29 is 9.59 Å². The molecule has 0 unspecified atom stereocenters. The van der Waals surface area contributed by atoms with Gasteiger partial charge in [-0.3, -0.25) is 14.6 Å². The van der Waals surface area contributed by atoms with Crippen LogP contribution in [0.15, 0.2) is 53.5 Å². The Balaban J connectivity index is 1.85. The van der Waals surface area contributed by atoms with Crippen molar-refractivity contribution in [1.29, 1.82) is 0 Å². The van der Waals surface area contributed by atoms with Crippen molar-refractivity contribution in [2.24, 2.45) is 4.99 Å². The summed E-state index contributed by atoms with van der Waals surface area (Å²) in [4.78, 5) is 27.7. The Morgan fingerprint density at radius 2 is 1.43 bits per heavy atom. The topological polar surface area (TPSA) is 94.6 Å². The van der Waals surface area contributed by atoms with Crippen LogP contribution < -0.4 is 21.3 Å². The van der Waals surface area contributed by atoms with Gasteiger partial charge in [-0.15, -0.1) is 0 Å². The quantitative estimate of drug-likeness (QED) is 0.430. The zero-order chi connectivity index (χ0) is 20.4. The summed E-state index contributed by atoms with van der Waals surface area (Å²) in [6, 6.07) is 15.0. The third kappa shape index (κ3) is 6.12. The van der Waals surface area contributed by atoms with Gasteiger partial charge < -0.3 is 21.3 Å². The highest BCUT2D eigenvalue weighted by Crippen LogP contribution is 2.06. The molecule has 0 radical (unpaired) electrons. The number of aliphatic imine (C=N–C) groups is 1. The van der Waals surface area contributed by atoms with Crippen molar-refractivity contribution in [3.63, 3.8) is 0 Å². The molecule has 4 N–H and O–H groups in total. The van der Waals surface area contributed by atoms with Crippen molar-refractivity contribution in [3.8, 4) is 0 Å². The molecule has 0 saturated carbocycles. The number of carbonyl (C=O) groups is 2. The smallest absolute Gasteiger partial charge is 0.251 e. The Labute approximate surface area is 165 Å². The van der Waals surface area contributed by atoms with E-state index in [0.717, 1.165) is 17.5 Å². The van der Waals surface area contributed by atoms with E-state index >= 15 is 0 Å². The Morgan fingerprint density at radius 3 is 2.00 bits per heavy atom. The van der Waals surface area contributed by atoms with Crippen molar-refractivity contribution in [2.75, 3.05) is 27.7 Å². The maximum absolute atomic E-state index is 11.7. The third-order valence-electron chi connectivity index (χ3n) is 4.22. The highest BCUT2D eigenvalue weighted by molar-refractivity contribution is 5.94. The van der Waals surface area contributed by atoms with Crippen LogP contribution in [0.1, 0.15) is 31.8 Å². The summed E-state index contributed by atoms with van der Waals surface area (Å²) in [6.45, 7) is 1.23. The molecular weight excluding hydrogens is 354 g/mol. The molecule has 0 aliphatic heterocycles. The molecule has 0 aliphatic rings. The largest absolute Gasteiger partial charge is 0.356 e. The fourth-order valence-corrected chi connectivity index (χ4v) is 2.71. The fraction of sp³-hybridized carbons (Fsp3) is 0.286. The molecule has 0 atom stereocenters. The van der Waals surface area contributed by atoms with Crippen molar-refractivity contribution >= 4 is 17.8 Å². The summed E-state index contributed by atoms with van der Waals surface area (Å²) in [7, 11) is 4.95. The Hall–Kier alpha value is -3.35. The summed E-state index contributed by atoms with van der Waals surface area (Å²) >= 11 is 0. The Kier molecular flexibility index (Phi) is 8.02. The minimum atomic E-state index is -0.108. The second-order valence-electron chi connectivity index (χ2n) is 6.16. The summed E-state index contributed by atoms with van der Waals surface area (Å²) in [5, 5.41) is 11.7. The van der Waals surface area contributed by atoms with E-state index in [4.69, 9.17) is 0 Å². The second kappa shape index (κ2) is 10.7. The first kappa shape index (κ1) is 21.0. The SMILES string of the molecule is CN=C(NCCc1cccc(C(=O)NC)c1)NCc1cccc(C(=O)NC)c1. The van der Waals surface area contributed by atoms with Crippen LogP contribution in [0, 0.1) is 0 Å². The van der Waals surface area contributed by atoms with Gasteiger partial charge in [-0.05, 0) is 41.8 Å². The molecule has 0 spiro atoms. The number of carbonyl (C=O) groups excluding carboxylic acids is 2. The third-order valence-corrected chi connectivity index (χ3v) is 4.22. The van der Waals surface area contributed by atoms with E-state index in [9.17, 15) is 9.59 Å². The van der Waals surface area contributed by atoms with Gasteiger partial charge in [-0.2, -0.15) is 0 Å². The van der Waals surface area contributed by atoms with Gasteiger partial charge in [-0.25, -0.2) is 0 Å². The van der Waals surface area contributed by atoms with E-state index in [1.165, 1.54) is 0 Å². The summed E-state index contributed by atoms with van der Waals surface area (Å²) in [6.07, 6.45) is 0.762. The Morgan fingerprint density at radius 1 is 0.857 bits per heavy atom. The number of hydrogen-bond donors (Lipinski definition) is 4.